The molecule has 0 aliphatic carbocycles. The maximum Gasteiger partial charge on any atom is 0.241 e. The molecule has 0 spiro atoms. The molecule has 6 heteroatoms. The second-order valence-electron chi connectivity index (χ2n) is 6.72. The molecule has 1 unspecified atom stereocenters. The molecule has 0 radical (unpaired) electrons. The van der Waals surface area contributed by atoms with Gasteiger partial charge in [0.15, 0.2) is 0 Å². The zero-order valence-corrected chi connectivity index (χ0v) is 14.4. The smallest absolute Gasteiger partial charge is 0.241 e. The Morgan fingerprint density at radius 3 is 2.80 bits per heavy atom. The standard InChI is InChI=1S/C19H24N4O2/c1-4-17(13-20-7-1)25-19-18(21-8-9-22-19)15-3-2-10-23(14-15)16-5-11-24-12-6-16/h1,4,7-9,13,15-16H,2-3,5-6,10-12,14H2. The normalized spacial score (nSPS) is 22.6. The van der Waals surface area contributed by atoms with E-state index in [0.717, 1.165) is 44.7 Å². The van der Waals surface area contributed by atoms with E-state index >= 15 is 0 Å². The highest BCUT2D eigenvalue weighted by Gasteiger charge is 2.30. The number of likely N-dealkylation sites (tertiary alicyclic amines) is 1. The van der Waals surface area contributed by atoms with Gasteiger partial charge in [0.25, 0.3) is 0 Å². The highest BCUT2D eigenvalue weighted by Crippen LogP contribution is 2.33. The van der Waals surface area contributed by atoms with Crippen molar-refractivity contribution in [3.05, 3.63) is 42.6 Å². The number of hydrogen-bond acceptors (Lipinski definition) is 6. The molecule has 6 nitrogen and oxygen atoms in total. The third-order valence-corrected chi connectivity index (χ3v) is 5.09. The van der Waals surface area contributed by atoms with Gasteiger partial charge in [-0.25, -0.2) is 4.98 Å². The fourth-order valence-electron chi connectivity index (χ4n) is 3.83. The summed E-state index contributed by atoms with van der Waals surface area (Å²) in [5.74, 6) is 1.66. The Bertz CT molecular complexity index is 676. The predicted molar refractivity (Wildman–Crippen MR) is 93.7 cm³/mol. The molecule has 2 saturated heterocycles. The summed E-state index contributed by atoms with van der Waals surface area (Å²) in [4.78, 5) is 15.8. The Morgan fingerprint density at radius 2 is 1.96 bits per heavy atom. The number of pyridine rings is 1. The molecular formula is C19H24N4O2. The van der Waals surface area contributed by atoms with Crippen LogP contribution in [-0.2, 0) is 4.74 Å². The van der Waals surface area contributed by atoms with Crippen molar-refractivity contribution in [2.24, 2.45) is 0 Å². The van der Waals surface area contributed by atoms with Crippen LogP contribution in [0.2, 0.25) is 0 Å². The van der Waals surface area contributed by atoms with Gasteiger partial charge in [0.2, 0.25) is 5.88 Å². The van der Waals surface area contributed by atoms with Gasteiger partial charge in [0.05, 0.1) is 6.20 Å². The van der Waals surface area contributed by atoms with Crippen molar-refractivity contribution in [3.63, 3.8) is 0 Å². The second-order valence-corrected chi connectivity index (χ2v) is 6.72. The lowest BCUT2D eigenvalue weighted by Crippen LogP contribution is -2.44. The van der Waals surface area contributed by atoms with Crippen LogP contribution in [0.3, 0.4) is 0 Å². The van der Waals surface area contributed by atoms with Gasteiger partial charge in [-0.2, -0.15) is 0 Å². The highest BCUT2D eigenvalue weighted by atomic mass is 16.5. The van der Waals surface area contributed by atoms with E-state index in [4.69, 9.17) is 9.47 Å². The summed E-state index contributed by atoms with van der Waals surface area (Å²) in [5, 5.41) is 0. The van der Waals surface area contributed by atoms with Gasteiger partial charge in [-0.15, -0.1) is 0 Å². The van der Waals surface area contributed by atoms with E-state index in [0.29, 0.717) is 23.6 Å². The largest absolute Gasteiger partial charge is 0.436 e. The van der Waals surface area contributed by atoms with Crippen LogP contribution in [0.15, 0.2) is 36.9 Å². The Morgan fingerprint density at radius 1 is 1.08 bits per heavy atom. The minimum atomic E-state index is 0.358. The fraction of sp³-hybridized carbons (Fsp3) is 0.526. The zero-order valence-electron chi connectivity index (χ0n) is 14.4. The van der Waals surface area contributed by atoms with Crippen molar-refractivity contribution in [1.29, 1.82) is 0 Å². The van der Waals surface area contributed by atoms with Crippen LogP contribution in [0.25, 0.3) is 0 Å². The topological polar surface area (TPSA) is 60.4 Å². The third-order valence-electron chi connectivity index (χ3n) is 5.09. The Balaban J connectivity index is 1.50. The van der Waals surface area contributed by atoms with Crippen LogP contribution in [0, 0.1) is 0 Å². The molecule has 2 fully saturated rings. The van der Waals surface area contributed by atoms with E-state index < -0.39 is 0 Å². The van der Waals surface area contributed by atoms with E-state index in [2.05, 4.69) is 19.9 Å². The number of rotatable bonds is 4. The van der Waals surface area contributed by atoms with E-state index in [-0.39, 0.29) is 0 Å². The van der Waals surface area contributed by atoms with Gasteiger partial charge < -0.3 is 9.47 Å². The fourth-order valence-corrected chi connectivity index (χ4v) is 3.83. The molecule has 4 heterocycles. The molecule has 2 aromatic heterocycles. The lowest BCUT2D eigenvalue weighted by Gasteiger charge is -2.39. The van der Waals surface area contributed by atoms with Gasteiger partial charge in [0, 0.05) is 50.3 Å². The Hall–Kier alpha value is -2.05. The summed E-state index contributed by atoms with van der Waals surface area (Å²) in [6, 6.07) is 4.38. The minimum Gasteiger partial charge on any atom is -0.436 e. The van der Waals surface area contributed by atoms with Gasteiger partial charge in [0.1, 0.15) is 11.4 Å². The number of aromatic nitrogens is 3. The first-order chi connectivity index (χ1) is 12.4. The third kappa shape index (κ3) is 3.96. The van der Waals surface area contributed by atoms with Crippen molar-refractivity contribution >= 4 is 0 Å². The first-order valence-corrected chi connectivity index (χ1v) is 9.11. The average Bonchev–Trinajstić information content (AvgIpc) is 2.70. The van der Waals surface area contributed by atoms with Crippen molar-refractivity contribution in [2.75, 3.05) is 26.3 Å². The molecule has 25 heavy (non-hydrogen) atoms. The van der Waals surface area contributed by atoms with Crippen LogP contribution < -0.4 is 4.74 Å². The molecule has 2 aromatic rings. The molecular weight excluding hydrogens is 316 g/mol. The van der Waals surface area contributed by atoms with Crippen LogP contribution in [0.4, 0.5) is 0 Å². The zero-order chi connectivity index (χ0) is 16.9. The van der Waals surface area contributed by atoms with E-state index in [1.807, 2.05) is 12.1 Å². The summed E-state index contributed by atoms with van der Waals surface area (Å²) in [6.07, 6.45) is 11.5. The molecule has 2 aliphatic heterocycles. The van der Waals surface area contributed by atoms with Crippen LogP contribution in [0.5, 0.6) is 11.6 Å². The van der Waals surface area contributed by atoms with E-state index in [9.17, 15) is 0 Å². The molecule has 0 N–H and O–H groups in total. The lowest BCUT2D eigenvalue weighted by molar-refractivity contribution is 0.0236. The number of piperidine rings is 1. The first kappa shape index (κ1) is 16.4. The maximum atomic E-state index is 5.97. The van der Waals surface area contributed by atoms with Crippen molar-refractivity contribution < 1.29 is 9.47 Å². The molecule has 0 saturated carbocycles. The molecule has 1 atom stereocenters. The van der Waals surface area contributed by atoms with E-state index in [1.165, 1.54) is 13.0 Å². The number of hydrogen-bond donors (Lipinski definition) is 0. The van der Waals surface area contributed by atoms with Crippen LogP contribution in [0.1, 0.15) is 37.3 Å². The summed E-state index contributed by atoms with van der Waals surface area (Å²) in [7, 11) is 0. The summed E-state index contributed by atoms with van der Waals surface area (Å²) >= 11 is 0. The predicted octanol–water partition coefficient (Wildman–Crippen LogP) is 3.02. The molecule has 0 bridgehead atoms. The van der Waals surface area contributed by atoms with Crippen LogP contribution >= 0.6 is 0 Å². The summed E-state index contributed by atoms with van der Waals surface area (Å²) in [6.45, 7) is 3.95. The van der Waals surface area contributed by atoms with E-state index in [1.54, 1.807) is 24.8 Å². The maximum absolute atomic E-state index is 5.97. The lowest BCUT2D eigenvalue weighted by atomic mass is 9.92. The first-order valence-electron chi connectivity index (χ1n) is 9.11. The molecule has 0 amide bonds. The van der Waals surface area contributed by atoms with Crippen molar-refractivity contribution in [2.45, 2.75) is 37.6 Å². The molecule has 132 valence electrons. The van der Waals surface area contributed by atoms with Gasteiger partial charge >= 0.3 is 0 Å². The molecule has 4 rings (SSSR count). The van der Waals surface area contributed by atoms with Gasteiger partial charge in [-0.05, 0) is 44.4 Å². The highest BCUT2D eigenvalue weighted by molar-refractivity contribution is 5.29. The Kier molecular flexibility index (Phi) is 5.18. The van der Waals surface area contributed by atoms with Crippen LogP contribution in [-0.4, -0.2) is 52.2 Å². The monoisotopic (exact) mass is 340 g/mol. The van der Waals surface area contributed by atoms with Crippen molar-refractivity contribution in [3.8, 4) is 11.6 Å². The molecule has 0 aromatic carbocycles. The summed E-state index contributed by atoms with van der Waals surface area (Å²) in [5.41, 5.74) is 0.961. The van der Waals surface area contributed by atoms with Gasteiger partial charge in [-0.3, -0.25) is 14.9 Å². The molecule has 2 aliphatic rings. The van der Waals surface area contributed by atoms with Gasteiger partial charge in [-0.1, -0.05) is 0 Å². The number of nitrogens with zero attached hydrogens (tertiary/aromatic N) is 4. The Labute approximate surface area is 148 Å². The summed E-state index contributed by atoms with van der Waals surface area (Å²) < 4.78 is 11.5. The number of ether oxygens (including phenoxy) is 2. The van der Waals surface area contributed by atoms with Crippen molar-refractivity contribution in [1.82, 2.24) is 19.9 Å². The second kappa shape index (κ2) is 7.89. The SMILES string of the molecule is c1cncc(Oc2nccnc2C2CCCN(C3CCOCC3)C2)c1. The minimum absolute atomic E-state index is 0.358. The average molecular weight is 340 g/mol. The quantitative estimate of drug-likeness (QED) is 0.853.